The van der Waals surface area contributed by atoms with Gasteiger partial charge in [-0.15, -0.1) is 0 Å². The molecule has 1 aromatic heterocycles. The third kappa shape index (κ3) is 3.18. The van der Waals surface area contributed by atoms with Crippen LogP contribution >= 0.6 is 0 Å². The minimum atomic E-state index is -1.19. The molecule has 0 radical (unpaired) electrons. The molecule has 0 bridgehead atoms. The molecule has 1 aliphatic heterocycles. The minimum absolute atomic E-state index is 0.00546. The molecule has 0 spiro atoms. The van der Waals surface area contributed by atoms with Crippen LogP contribution in [0, 0.1) is 5.82 Å². The molecule has 8 heteroatoms. The number of aromatic carboxylic acids is 1. The summed E-state index contributed by atoms with van der Waals surface area (Å²) in [6.45, 7) is 1.15. The second-order valence-corrected chi connectivity index (χ2v) is 5.41. The van der Waals surface area contributed by atoms with Crippen molar-refractivity contribution in [3.63, 3.8) is 0 Å². The number of nitrogens with one attached hydrogen (secondary N) is 1. The summed E-state index contributed by atoms with van der Waals surface area (Å²) in [4.78, 5) is 11.6. The molecule has 1 fully saturated rings. The van der Waals surface area contributed by atoms with E-state index in [0.717, 1.165) is 12.8 Å². The second kappa shape index (κ2) is 6.88. The van der Waals surface area contributed by atoms with Crippen molar-refractivity contribution in [1.29, 1.82) is 0 Å². The maximum atomic E-state index is 13.5. The number of hydrogen-bond donors (Lipinski definition) is 2. The maximum absolute atomic E-state index is 13.5. The van der Waals surface area contributed by atoms with Crippen molar-refractivity contribution < 1.29 is 28.3 Å². The summed E-state index contributed by atoms with van der Waals surface area (Å²) < 4.78 is 29.1. The van der Waals surface area contributed by atoms with Crippen LogP contribution in [0.5, 0.6) is 5.75 Å². The van der Waals surface area contributed by atoms with E-state index in [1.54, 1.807) is 0 Å². The molecule has 1 aromatic carbocycles. The summed E-state index contributed by atoms with van der Waals surface area (Å²) in [5.41, 5.74) is 0.255. The molecule has 1 aliphatic rings. The van der Waals surface area contributed by atoms with Gasteiger partial charge in [0.2, 0.25) is 0 Å². The molecule has 0 unspecified atom stereocenters. The van der Waals surface area contributed by atoms with E-state index in [1.807, 2.05) is 0 Å². The van der Waals surface area contributed by atoms with Crippen LogP contribution in [0.15, 0.2) is 22.7 Å². The summed E-state index contributed by atoms with van der Waals surface area (Å²) in [6, 6.07) is 3.96. The third-order valence-corrected chi connectivity index (χ3v) is 3.84. The Bertz CT molecular complexity index is 740. The lowest BCUT2D eigenvalue weighted by Crippen LogP contribution is -2.19. The Morgan fingerprint density at radius 2 is 2.38 bits per heavy atom. The van der Waals surface area contributed by atoms with Gasteiger partial charge in [-0.2, -0.15) is 0 Å². The topological polar surface area (TPSA) is 93.8 Å². The number of halogens is 1. The molecule has 2 heterocycles. The van der Waals surface area contributed by atoms with E-state index in [-0.39, 0.29) is 29.0 Å². The standard InChI is InChI=1S/C16H17FN2O5/c1-22-12-7-9(4-5-11(12)17)14-13(16(20)21)15(19-24-14)18-8-10-3-2-6-23-10/h4-5,7,10H,2-3,6,8H2,1H3,(H,18,19)(H,20,21)/t10-/m0/s1. The zero-order valence-corrected chi connectivity index (χ0v) is 13.0. The summed E-state index contributed by atoms with van der Waals surface area (Å²) >= 11 is 0. The average Bonchev–Trinajstić information content (AvgIpc) is 3.22. The first-order valence-corrected chi connectivity index (χ1v) is 7.52. The van der Waals surface area contributed by atoms with E-state index in [0.29, 0.717) is 18.7 Å². The minimum Gasteiger partial charge on any atom is -0.494 e. The molecule has 1 atom stereocenters. The van der Waals surface area contributed by atoms with Crippen molar-refractivity contribution in [2.75, 3.05) is 25.6 Å². The summed E-state index contributed by atoms with van der Waals surface area (Å²) in [6.07, 6.45) is 1.92. The van der Waals surface area contributed by atoms with E-state index >= 15 is 0 Å². The Labute approximate surface area is 137 Å². The van der Waals surface area contributed by atoms with Crippen LogP contribution in [0.1, 0.15) is 23.2 Å². The highest BCUT2D eigenvalue weighted by Crippen LogP contribution is 2.32. The summed E-state index contributed by atoms with van der Waals surface area (Å²) in [5, 5.41) is 16.2. The highest BCUT2D eigenvalue weighted by atomic mass is 19.1. The lowest BCUT2D eigenvalue weighted by Gasteiger charge is -2.10. The van der Waals surface area contributed by atoms with E-state index in [2.05, 4.69) is 10.5 Å². The van der Waals surface area contributed by atoms with Crippen molar-refractivity contribution in [1.82, 2.24) is 5.16 Å². The third-order valence-electron chi connectivity index (χ3n) is 3.84. The molecule has 0 aliphatic carbocycles. The van der Waals surface area contributed by atoms with Gasteiger partial charge in [-0.25, -0.2) is 9.18 Å². The van der Waals surface area contributed by atoms with E-state index in [9.17, 15) is 14.3 Å². The molecule has 7 nitrogen and oxygen atoms in total. The van der Waals surface area contributed by atoms with Gasteiger partial charge in [-0.05, 0) is 31.0 Å². The van der Waals surface area contributed by atoms with Crippen molar-refractivity contribution in [2.24, 2.45) is 0 Å². The lowest BCUT2D eigenvalue weighted by atomic mass is 10.1. The van der Waals surface area contributed by atoms with Gasteiger partial charge < -0.3 is 24.4 Å². The SMILES string of the molecule is COc1cc(-c2onc(NC[C@@H]3CCCO3)c2C(=O)O)ccc1F. The number of carboxylic acid groups (broad SMARTS) is 1. The molecule has 2 N–H and O–H groups in total. The molecule has 24 heavy (non-hydrogen) atoms. The number of rotatable bonds is 6. The molecule has 0 saturated carbocycles. The Morgan fingerprint density at radius 1 is 1.54 bits per heavy atom. The van der Waals surface area contributed by atoms with Crippen LogP contribution in [-0.4, -0.2) is 42.6 Å². The number of aromatic nitrogens is 1. The van der Waals surface area contributed by atoms with Crippen LogP contribution in [0.4, 0.5) is 10.2 Å². The largest absolute Gasteiger partial charge is 0.494 e. The number of methoxy groups -OCH3 is 1. The summed E-state index contributed by atoms with van der Waals surface area (Å²) in [7, 11) is 1.33. The van der Waals surface area contributed by atoms with Gasteiger partial charge in [0.25, 0.3) is 0 Å². The first kappa shape index (κ1) is 16.3. The predicted octanol–water partition coefficient (Wildman–Crippen LogP) is 2.78. The fourth-order valence-electron chi connectivity index (χ4n) is 2.62. The molecular formula is C16H17FN2O5. The fraction of sp³-hybridized carbons (Fsp3) is 0.375. The molecule has 3 rings (SSSR count). The van der Waals surface area contributed by atoms with Gasteiger partial charge in [0.15, 0.2) is 28.7 Å². The average molecular weight is 336 g/mol. The number of nitrogens with zero attached hydrogens (tertiary/aromatic N) is 1. The number of hydrogen-bond acceptors (Lipinski definition) is 6. The van der Waals surface area contributed by atoms with E-state index in [4.69, 9.17) is 14.0 Å². The first-order chi connectivity index (χ1) is 11.6. The maximum Gasteiger partial charge on any atom is 0.343 e. The number of anilines is 1. The first-order valence-electron chi connectivity index (χ1n) is 7.52. The smallest absolute Gasteiger partial charge is 0.343 e. The Balaban J connectivity index is 1.89. The second-order valence-electron chi connectivity index (χ2n) is 5.41. The van der Waals surface area contributed by atoms with Crippen LogP contribution in [0.2, 0.25) is 0 Å². The quantitative estimate of drug-likeness (QED) is 0.837. The van der Waals surface area contributed by atoms with Gasteiger partial charge in [0.1, 0.15) is 0 Å². The number of carbonyl (C=O) groups is 1. The number of ether oxygens (including phenoxy) is 2. The van der Waals surface area contributed by atoms with Crippen LogP contribution in [0.25, 0.3) is 11.3 Å². The summed E-state index contributed by atoms with van der Waals surface area (Å²) in [5.74, 6) is -1.58. The number of carboxylic acids is 1. The fourth-order valence-corrected chi connectivity index (χ4v) is 2.62. The van der Waals surface area contributed by atoms with Gasteiger partial charge in [0.05, 0.1) is 13.2 Å². The van der Waals surface area contributed by atoms with Crippen LogP contribution in [-0.2, 0) is 4.74 Å². The molecule has 128 valence electrons. The normalized spacial score (nSPS) is 17.0. The van der Waals surface area contributed by atoms with Crippen LogP contribution in [0.3, 0.4) is 0 Å². The van der Waals surface area contributed by atoms with Crippen LogP contribution < -0.4 is 10.1 Å². The highest BCUT2D eigenvalue weighted by molar-refractivity contribution is 5.99. The highest BCUT2D eigenvalue weighted by Gasteiger charge is 2.25. The molecule has 0 amide bonds. The predicted molar refractivity (Wildman–Crippen MR) is 82.9 cm³/mol. The Kier molecular flexibility index (Phi) is 4.66. The van der Waals surface area contributed by atoms with Gasteiger partial charge in [-0.3, -0.25) is 0 Å². The number of benzene rings is 1. The molecular weight excluding hydrogens is 319 g/mol. The molecule has 2 aromatic rings. The monoisotopic (exact) mass is 336 g/mol. The van der Waals surface area contributed by atoms with Gasteiger partial charge >= 0.3 is 5.97 Å². The van der Waals surface area contributed by atoms with Crippen molar-refractivity contribution >= 4 is 11.8 Å². The zero-order valence-electron chi connectivity index (χ0n) is 13.0. The molecule has 1 saturated heterocycles. The Hall–Kier alpha value is -2.61. The zero-order chi connectivity index (χ0) is 17.1. The van der Waals surface area contributed by atoms with Crippen molar-refractivity contribution in [3.05, 3.63) is 29.6 Å². The van der Waals surface area contributed by atoms with E-state index in [1.165, 1.54) is 25.3 Å². The van der Waals surface area contributed by atoms with E-state index < -0.39 is 11.8 Å². The van der Waals surface area contributed by atoms with Gasteiger partial charge in [-0.1, -0.05) is 5.16 Å². The van der Waals surface area contributed by atoms with Gasteiger partial charge in [0, 0.05) is 18.7 Å². The lowest BCUT2D eigenvalue weighted by molar-refractivity contribution is 0.0698. The van der Waals surface area contributed by atoms with Crippen molar-refractivity contribution in [2.45, 2.75) is 18.9 Å². The Morgan fingerprint density at radius 3 is 3.04 bits per heavy atom. The van der Waals surface area contributed by atoms with Crippen molar-refractivity contribution in [3.8, 4) is 17.1 Å².